The third kappa shape index (κ3) is 2.40. The fourth-order valence-electron chi connectivity index (χ4n) is 1.53. The van der Waals surface area contributed by atoms with Crippen LogP contribution >= 0.6 is 11.3 Å². The number of halogens is 3. The van der Waals surface area contributed by atoms with Crippen molar-refractivity contribution in [2.45, 2.75) is 25.9 Å². The molecule has 2 aromatic rings. The topological polar surface area (TPSA) is 30.7 Å². The van der Waals surface area contributed by atoms with E-state index in [-0.39, 0.29) is 11.5 Å². The van der Waals surface area contributed by atoms with E-state index in [1.165, 1.54) is 24.6 Å². The molecule has 0 atom stereocenters. The summed E-state index contributed by atoms with van der Waals surface area (Å²) in [5.41, 5.74) is -0.837. The van der Waals surface area contributed by atoms with Crippen LogP contribution in [0, 0.1) is 0 Å². The SMILES string of the molecule is CC(C)c1cnc(-c2cn(C)nc2C(F)(F)F)s1. The number of nitrogens with zero attached hydrogens (tertiary/aromatic N) is 3. The monoisotopic (exact) mass is 275 g/mol. The zero-order valence-electron chi connectivity index (χ0n) is 10.1. The first-order valence-corrected chi connectivity index (χ1v) is 6.17. The Morgan fingerprint density at radius 3 is 2.50 bits per heavy atom. The summed E-state index contributed by atoms with van der Waals surface area (Å²) in [4.78, 5) is 5.02. The van der Waals surface area contributed by atoms with Crippen molar-refractivity contribution in [2.75, 3.05) is 0 Å². The van der Waals surface area contributed by atoms with Crippen molar-refractivity contribution in [3.8, 4) is 10.6 Å². The molecule has 0 aliphatic carbocycles. The lowest BCUT2D eigenvalue weighted by molar-refractivity contribution is -0.140. The Morgan fingerprint density at radius 1 is 1.33 bits per heavy atom. The van der Waals surface area contributed by atoms with Gasteiger partial charge in [0.15, 0.2) is 5.69 Å². The van der Waals surface area contributed by atoms with Crippen LogP contribution in [0.15, 0.2) is 12.4 Å². The fourth-order valence-corrected chi connectivity index (χ4v) is 2.46. The highest BCUT2D eigenvalue weighted by molar-refractivity contribution is 7.15. The molecule has 3 nitrogen and oxygen atoms in total. The number of alkyl halides is 3. The van der Waals surface area contributed by atoms with Crippen molar-refractivity contribution in [1.29, 1.82) is 0 Å². The van der Waals surface area contributed by atoms with Crippen molar-refractivity contribution in [2.24, 2.45) is 7.05 Å². The van der Waals surface area contributed by atoms with Crippen molar-refractivity contribution in [3.05, 3.63) is 23.0 Å². The summed E-state index contributed by atoms with van der Waals surface area (Å²) < 4.78 is 39.6. The van der Waals surface area contributed by atoms with Gasteiger partial charge in [0.05, 0.1) is 5.56 Å². The Bertz CT molecular complexity index is 554. The molecule has 0 saturated heterocycles. The summed E-state index contributed by atoms with van der Waals surface area (Å²) in [6, 6.07) is 0. The van der Waals surface area contributed by atoms with Crippen LogP contribution in [0.3, 0.4) is 0 Å². The van der Waals surface area contributed by atoms with Gasteiger partial charge in [-0.05, 0) is 5.92 Å². The van der Waals surface area contributed by atoms with Gasteiger partial charge in [-0.2, -0.15) is 18.3 Å². The maximum Gasteiger partial charge on any atom is 0.435 e. The Morgan fingerprint density at radius 2 is 2.00 bits per heavy atom. The van der Waals surface area contributed by atoms with Crippen LogP contribution in [0.4, 0.5) is 13.2 Å². The van der Waals surface area contributed by atoms with E-state index >= 15 is 0 Å². The normalized spacial score (nSPS) is 12.4. The second kappa shape index (κ2) is 4.38. The molecule has 0 aliphatic rings. The van der Waals surface area contributed by atoms with Gasteiger partial charge in [0, 0.05) is 24.3 Å². The highest BCUT2D eigenvalue weighted by Gasteiger charge is 2.38. The van der Waals surface area contributed by atoms with Crippen molar-refractivity contribution < 1.29 is 13.2 Å². The van der Waals surface area contributed by atoms with E-state index in [1.54, 1.807) is 6.20 Å². The first-order valence-electron chi connectivity index (χ1n) is 5.36. The number of thiazole rings is 1. The zero-order valence-corrected chi connectivity index (χ0v) is 10.9. The number of hydrogen-bond acceptors (Lipinski definition) is 3. The Kier molecular flexibility index (Phi) is 3.18. The lowest BCUT2D eigenvalue weighted by Crippen LogP contribution is -2.08. The van der Waals surface area contributed by atoms with Gasteiger partial charge in [-0.15, -0.1) is 11.3 Å². The average Bonchev–Trinajstić information content (AvgIpc) is 2.81. The first kappa shape index (κ1) is 13.1. The number of aryl methyl sites for hydroxylation is 1. The first-order chi connectivity index (χ1) is 8.29. The molecule has 0 saturated carbocycles. The third-order valence-corrected chi connectivity index (χ3v) is 3.75. The Balaban J connectivity index is 2.50. The second-order valence-corrected chi connectivity index (χ2v) is 5.35. The van der Waals surface area contributed by atoms with E-state index in [0.29, 0.717) is 5.01 Å². The number of rotatable bonds is 2. The van der Waals surface area contributed by atoms with Crippen LogP contribution in [-0.2, 0) is 13.2 Å². The molecule has 0 amide bonds. The minimum absolute atomic E-state index is 0.0434. The van der Waals surface area contributed by atoms with Crippen molar-refractivity contribution >= 4 is 11.3 Å². The van der Waals surface area contributed by atoms with Gasteiger partial charge in [0.2, 0.25) is 0 Å². The average molecular weight is 275 g/mol. The highest BCUT2D eigenvalue weighted by Crippen LogP contribution is 2.38. The van der Waals surface area contributed by atoms with Gasteiger partial charge in [-0.3, -0.25) is 4.68 Å². The van der Waals surface area contributed by atoms with E-state index in [1.807, 2.05) is 13.8 Å². The van der Waals surface area contributed by atoms with Crippen LogP contribution in [0.2, 0.25) is 0 Å². The van der Waals surface area contributed by atoms with Crippen LogP contribution in [0.25, 0.3) is 10.6 Å². The highest BCUT2D eigenvalue weighted by atomic mass is 32.1. The smallest absolute Gasteiger partial charge is 0.274 e. The van der Waals surface area contributed by atoms with Crippen LogP contribution in [-0.4, -0.2) is 14.8 Å². The Hall–Kier alpha value is -1.37. The predicted octanol–water partition coefficient (Wildman–Crippen LogP) is 3.69. The summed E-state index contributed by atoms with van der Waals surface area (Å²) in [5, 5.41) is 3.83. The predicted molar refractivity (Wildman–Crippen MR) is 63.4 cm³/mol. The summed E-state index contributed by atoms with van der Waals surface area (Å²) in [6.07, 6.45) is -1.48. The molecular formula is C11H12F3N3S. The summed E-state index contributed by atoms with van der Waals surface area (Å²) in [7, 11) is 1.47. The summed E-state index contributed by atoms with van der Waals surface area (Å²) in [6.45, 7) is 3.95. The minimum atomic E-state index is -4.46. The molecule has 0 unspecified atom stereocenters. The fraction of sp³-hybridized carbons (Fsp3) is 0.455. The maximum absolute atomic E-state index is 12.8. The summed E-state index contributed by atoms with van der Waals surface area (Å²) >= 11 is 1.27. The molecule has 0 bridgehead atoms. The molecule has 0 aliphatic heterocycles. The molecule has 2 aromatic heterocycles. The van der Waals surface area contributed by atoms with Crippen molar-refractivity contribution in [1.82, 2.24) is 14.8 Å². The zero-order chi connectivity index (χ0) is 13.5. The van der Waals surface area contributed by atoms with E-state index in [4.69, 9.17) is 0 Å². The number of aromatic nitrogens is 3. The molecule has 98 valence electrons. The molecule has 2 rings (SSSR count). The van der Waals surface area contributed by atoms with Gasteiger partial charge >= 0.3 is 6.18 Å². The standard InChI is InChI=1S/C11H12F3N3S/c1-6(2)8-4-15-10(18-8)7-5-17(3)16-9(7)11(12,13)14/h4-6H,1-3H3. The Labute approximate surface area is 106 Å². The molecule has 0 N–H and O–H groups in total. The van der Waals surface area contributed by atoms with Crippen LogP contribution in [0.1, 0.15) is 30.3 Å². The van der Waals surface area contributed by atoms with Crippen molar-refractivity contribution in [3.63, 3.8) is 0 Å². The van der Waals surface area contributed by atoms with E-state index < -0.39 is 11.9 Å². The minimum Gasteiger partial charge on any atom is -0.274 e. The van der Waals surface area contributed by atoms with Crippen LogP contribution < -0.4 is 0 Å². The molecule has 18 heavy (non-hydrogen) atoms. The molecular weight excluding hydrogens is 263 g/mol. The largest absolute Gasteiger partial charge is 0.435 e. The quantitative estimate of drug-likeness (QED) is 0.837. The second-order valence-electron chi connectivity index (χ2n) is 4.29. The van der Waals surface area contributed by atoms with E-state index in [0.717, 1.165) is 9.56 Å². The molecule has 2 heterocycles. The van der Waals surface area contributed by atoms with Gasteiger partial charge in [-0.25, -0.2) is 4.98 Å². The molecule has 0 fully saturated rings. The molecule has 0 aromatic carbocycles. The van der Waals surface area contributed by atoms with Gasteiger partial charge < -0.3 is 0 Å². The molecule has 7 heteroatoms. The molecule has 0 radical (unpaired) electrons. The third-order valence-electron chi connectivity index (χ3n) is 2.42. The lowest BCUT2D eigenvalue weighted by Gasteiger charge is -2.03. The van der Waals surface area contributed by atoms with Gasteiger partial charge in [0.25, 0.3) is 0 Å². The van der Waals surface area contributed by atoms with E-state index in [9.17, 15) is 13.2 Å². The number of hydrogen-bond donors (Lipinski definition) is 0. The molecule has 0 spiro atoms. The summed E-state index contributed by atoms with van der Waals surface area (Å²) in [5.74, 6) is 0.252. The van der Waals surface area contributed by atoms with Crippen LogP contribution in [0.5, 0.6) is 0 Å². The van der Waals surface area contributed by atoms with E-state index in [2.05, 4.69) is 10.1 Å². The maximum atomic E-state index is 12.8. The van der Waals surface area contributed by atoms with Gasteiger partial charge in [0.1, 0.15) is 5.01 Å². The van der Waals surface area contributed by atoms with Gasteiger partial charge in [-0.1, -0.05) is 13.8 Å². The lowest BCUT2D eigenvalue weighted by atomic mass is 10.2.